The lowest BCUT2D eigenvalue weighted by Gasteiger charge is -2.29. The fraction of sp³-hybridized carbons (Fsp3) is 0.320. The predicted octanol–water partition coefficient (Wildman–Crippen LogP) is 3.54. The summed E-state index contributed by atoms with van der Waals surface area (Å²) < 4.78 is 12.7. The number of carbonyl (C=O) groups is 1. The van der Waals surface area contributed by atoms with E-state index < -0.39 is 6.04 Å². The molecule has 0 aliphatic carbocycles. The summed E-state index contributed by atoms with van der Waals surface area (Å²) in [5, 5.41) is 20.1. The molecule has 3 N–H and O–H groups in total. The second-order valence-electron chi connectivity index (χ2n) is 7.85. The molecule has 9 heteroatoms. The van der Waals surface area contributed by atoms with Crippen molar-refractivity contribution in [3.05, 3.63) is 71.2 Å². The SMILES string of the molecule is CCOc1ccc([C@H]2C(C(=O)Nc3ccccc3OC)=C(C)Nc3nc(CCCO)nn32)cc1. The third-order valence-corrected chi connectivity index (χ3v) is 5.56. The maximum atomic E-state index is 13.6. The minimum absolute atomic E-state index is 0.0590. The average molecular weight is 464 g/mol. The number of anilines is 2. The van der Waals surface area contributed by atoms with Crippen molar-refractivity contribution in [1.82, 2.24) is 14.8 Å². The first-order valence-electron chi connectivity index (χ1n) is 11.3. The number of rotatable bonds is 9. The first-order valence-corrected chi connectivity index (χ1v) is 11.3. The van der Waals surface area contributed by atoms with Crippen molar-refractivity contribution in [2.45, 2.75) is 32.7 Å². The predicted molar refractivity (Wildman–Crippen MR) is 129 cm³/mol. The number of benzene rings is 2. The lowest BCUT2D eigenvalue weighted by Crippen LogP contribution is -2.31. The van der Waals surface area contributed by atoms with Gasteiger partial charge in [0.25, 0.3) is 5.91 Å². The molecule has 1 amide bonds. The number of carbonyl (C=O) groups excluding carboxylic acids is 1. The Labute approximate surface area is 198 Å². The van der Waals surface area contributed by atoms with Gasteiger partial charge in [-0.2, -0.15) is 10.1 Å². The van der Waals surface area contributed by atoms with E-state index in [1.54, 1.807) is 23.9 Å². The molecule has 0 radical (unpaired) electrons. The zero-order valence-corrected chi connectivity index (χ0v) is 19.5. The van der Waals surface area contributed by atoms with Crippen molar-refractivity contribution < 1.29 is 19.4 Å². The highest BCUT2D eigenvalue weighted by atomic mass is 16.5. The molecule has 1 aliphatic heterocycles. The molecule has 1 aromatic heterocycles. The van der Waals surface area contributed by atoms with Crippen LogP contribution in [0.1, 0.15) is 37.7 Å². The van der Waals surface area contributed by atoms with Crippen molar-refractivity contribution in [3.8, 4) is 11.5 Å². The smallest absolute Gasteiger partial charge is 0.255 e. The summed E-state index contributed by atoms with van der Waals surface area (Å²) in [5.74, 6) is 2.21. The number of aliphatic hydroxyl groups excluding tert-OH is 1. The van der Waals surface area contributed by atoms with Crippen LogP contribution in [-0.2, 0) is 11.2 Å². The van der Waals surface area contributed by atoms with Crippen LogP contribution in [0.25, 0.3) is 0 Å². The van der Waals surface area contributed by atoms with Gasteiger partial charge in [0, 0.05) is 18.7 Å². The van der Waals surface area contributed by atoms with E-state index in [0.29, 0.717) is 53.9 Å². The van der Waals surface area contributed by atoms with E-state index in [9.17, 15) is 9.90 Å². The summed E-state index contributed by atoms with van der Waals surface area (Å²) in [6.07, 6.45) is 1.10. The molecule has 0 fully saturated rings. The molecule has 4 rings (SSSR count). The van der Waals surface area contributed by atoms with Crippen LogP contribution in [0.3, 0.4) is 0 Å². The number of amides is 1. The van der Waals surface area contributed by atoms with Gasteiger partial charge in [-0.1, -0.05) is 24.3 Å². The highest BCUT2D eigenvalue weighted by molar-refractivity contribution is 6.06. The van der Waals surface area contributed by atoms with Crippen molar-refractivity contribution in [2.75, 3.05) is 31.0 Å². The van der Waals surface area contributed by atoms with Crippen molar-refractivity contribution in [2.24, 2.45) is 0 Å². The van der Waals surface area contributed by atoms with E-state index in [1.807, 2.05) is 50.2 Å². The molecule has 178 valence electrons. The Bertz CT molecular complexity index is 1190. The number of methoxy groups -OCH3 is 1. The second kappa shape index (κ2) is 10.4. The maximum absolute atomic E-state index is 13.6. The number of hydrogen-bond acceptors (Lipinski definition) is 7. The number of aliphatic hydroxyl groups is 1. The lowest BCUT2D eigenvalue weighted by atomic mass is 9.95. The van der Waals surface area contributed by atoms with E-state index in [1.165, 1.54) is 0 Å². The number of ether oxygens (including phenoxy) is 2. The van der Waals surface area contributed by atoms with Crippen molar-refractivity contribution in [3.63, 3.8) is 0 Å². The Kier molecular flexibility index (Phi) is 7.12. The zero-order chi connectivity index (χ0) is 24.1. The summed E-state index contributed by atoms with van der Waals surface area (Å²) in [6.45, 7) is 4.41. The molecule has 34 heavy (non-hydrogen) atoms. The number of nitrogens with zero attached hydrogens (tertiary/aromatic N) is 3. The Balaban J connectivity index is 1.74. The van der Waals surface area contributed by atoms with Gasteiger partial charge < -0.3 is 25.2 Å². The molecule has 3 aromatic rings. The van der Waals surface area contributed by atoms with E-state index >= 15 is 0 Å². The molecule has 0 unspecified atom stereocenters. The first-order chi connectivity index (χ1) is 16.5. The van der Waals surface area contributed by atoms with Crippen molar-refractivity contribution in [1.29, 1.82) is 0 Å². The molecule has 9 nitrogen and oxygen atoms in total. The Hall–Kier alpha value is -3.85. The van der Waals surface area contributed by atoms with Gasteiger partial charge in [0.15, 0.2) is 5.82 Å². The van der Waals surface area contributed by atoms with E-state index in [0.717, 1.165) is 11.3 Å². The van der Waals surface area contributed by atoms with Crippen LogP contribution >= 0.6 is 0 Å². The fourth-order valence-corrected chi connectivity index (χ4v) is 3.99. The molecule has 2 aromatic carbocycles. The number of nitrogens with one attached hydrogen (secondary N) is 2. The molecular weight excluding hydrogens is 434 g/mol. The Morgan fingerprint density at radius 2 is 1.97 bits per heavy atom. The zero-order valence-electron chi connectivity index (χ0n) is 19.5. The van der Waals surface area contributed by atoms with Gasteiger partial charge in [0.1, 0.15) is 17.5 Å². The number of aromatic nitrogens is 3. The number of para-hydroxylation sites is 2. The lowest BCUT2D eigenvalue weighted by molar-refractivity contribution is -0.113. The van der Waals surface area contributed by atoms with Gasteiger partial charge >= 0.3 is 0 Å². The van der Waals surface area contributed by atoms with Crippen LogP contribution in [0.5, 0.6) is 11.5 Å². The van der Waals surface area contributed by atoms with Crippen LogP contribution in [0.2, 0.25) is 0 Å². The molecule has 2 heterocycles. The van der Waals surface area contributed by atoms with Gasteiger partial charge in [0.05, 0.1) is 25.0 Å². The molecule has 0 saturated carbocycles. The van der Waals surface area contributed by atoms with Gasteiger partial charge in [-0.25, -0.2) is 4.68 Å². The quantitative estimate of drug-likeness (QED) is 0.445. The summed E-state index contributed by atoms with van der Waals surface area (Å²) in [7, 11) is 1.57. The number of hydrogen-bond donors (Lipinski definition) is 3. The van der Waals surface area contributed by atoms with E-state index in [4.69, 9.17) is 9.47 Å². The summed E-state index contributed by atoms with van der Waals surface area (Å²) in [6, 6.07) is 14.4. The van der Waals surface area contributed by atoms with Crippen LogP contribution in [0, 0.1) is 0 Å². The monoisotopic (exact) mass is 463 g/mol. The minimum atomic E-state index is -0.503. The third-order valence-electron chi connectivity index (χ3n) is 5.56. The number of fused-ring (bicyclic) bond motifs is 1. The minimum Gasteiger partial charge on any atom is -0.495 e. The third kappa shape index (κ3) is 4.74. The molecule has 1 atom stereocenters. The molecule has 0 bridgehead atoms. The Morgan fingerprint density at radius 1 is 1.21 bits per heavy atom. The summed E-state index contributed by atoms with van der Waals surface area (Å²) in [4.78, 5) is 18.2. The van der Waals surface area contributed by atoms with Gasteiger partial charge in [-0.15, -0.1) is 0 Å². The van der Waals surface area contributed by atoms with E-state index in [-0.39, 0.29) is 12.5 Å². The van der Waals surface area contributed by atoms with Crippen LogP contribution in [-0.4, -0.2) is 46.1 Å². The average Bonchev–Trinajstić information content (AvgIpc) is 3.25. The highest BCUT2D eigenvalue weighted by Gasteiger charge is 2.34. The standard InChI is InChI=1S/C25H29N5O4/c1-4-34-18-13-11-17(12-14-18)23-22(24(32)27-19-8-5-6-9-20(19)33-3)16(2)26-25-28-21(10-7-15-31)29-30(23)25/h5-6,8-9,11-14,23,31H,4,7,10,15H2,1-3H3,(H,27,32)(H,26,28,29)/t23-/m0/s1. The summed E-state index contributed by atoms with van der Waals surface area (Å²) >= 11 is 0. The first kappa shape index (κ1) is 23.3. The second-order valence-corrected chi connectivity index (χ2v) is 7.85. The van der Waals surface area contributed by atoms with Crippen LogP contribution in [0.4, 0.5) is 11.6 Å². The normalized spacial score (nSPS) is 14.9. The summed E-state index contributed by atoms with van der Waals surface area (Å²) in [5.41, 5.74) is 2.64. The van der Waals surface area contributed by atoms with Crippen molar-refractivity contribution >= 4 is 17.5 Å². The van der Waals surface area contributed by atoms with Gasteiger partial charge in [-0.3, -0.25) is 4.79 Å². The molecule has 0 saturated heterocycles. The van der Waals surface area contributed by atoms with Crippen LogP contribution < -0.4 is 20.1 Å². The number of aryl methyl sites for hydroxylation is 1. The van der Waals surface area contributed by atoms with E-state index in [2.05, 4.69) is 20.7 Å². The number of allylic oxidation sites excluding steroid dienone is 1. The van der Waals surface area contributed by atoms with Crippen LogP contribution in [0.15, 0.2) is 59.8 Å². The fourth-order valence-electron chi connectivity index (χ4n) is 3.99. The largest absolute Gasteiger partial charge is 0.495 e. The van der Waals surface area contributed by atoms with Gasteiger partial charge in [-0.05, 0) is 50.1 Å². The molecule has 0 spiro atoms. The Morgan fingerprint density at radius 3 is 2.68 bits per heavy atom. The topological polar surface area (TPSA) is 111 Å². The highest BCUT2D eigenvalue weighted by Crippen LogP contribution is 2.37. The maximum Gasteiger partial charge on any atom is 0.255 e. The molecule has 1 aliphatic rings. The van der Waals surface area contributed by atoms with Gasteiger partial charge in [0.2, 0.25) is 5.95 Å². The molecular formula is C25H29N5O4.